The van der Waals surface area contributed by atoms with E-state index in [9.17, 15) is 9.59 Å². The van der Waals surface area contributed by atoms with Gasteiger partial charge < -0.3 is 15.2 Å². The fourth-order valence-electron chi connectivity index (χ4n) is 3.19. The monoisotopic (exact) mass is 505 g/mol. The molecular weight excluding hydrogens is 481 g/mol. The predicted octanol–water partition coefficient (Wildman–Crippen LogP) is 5.46. The molecule has 0 fully saturated rings. The molecule has 1 atom stereocenters. The van der Waals surface area contributed by atoms with Crippen molar-refractivity contribution < 1.29 is 9.59 Å². The summed E-state index contributed by atoms with van der Waals surface area (Å²) in [5.41, 5.74) is 1.03. The fourth-order valence-corrected chi connectivity index (χ4v) is 4.35. The summed E-state index contributed by atoms with van der Waals surface area (Å²) in [5.74, 6) is 0.431. The van der Waals surface area contributed by atoms with E-state index in [-0.39, 0.29) is 29.5 Å². The van der Waals surface area contributed by atoms with Gasteiger partial charge in [0.05, 0.1) is 27.5 Å². The van der Waals surface area contributed by atoms with Crippen LogP contribution >= 0.6 is 35.0 Å². The number of halogens is 2. The first-order valence-corrected chi connectivity index (χ1v) is 12.2. The molecule has 0 aliphatic rings. The Morgan fingerprint density at radius 3 is 2.45 bits per heavy atom. The second-order valence-electron chi connectivity index (χ2n) is 7.58. The molecule has 0 spiro atoms. The van der Waals surface area contributed by atoms with Gasteiger partial charge in [-0.1, -0.05) is 73.1 Å². The van der Waals surface area contributed by atoms with E-state index in [4.69, 9.17) is 23.2 Å². The first-order chi connectivity index (χ1) is 15.8. The van der Waals surface area contributed by atoms with E-state index >= 15 is 0 Å². The van der Waals surface area contributed by atoms with Gasteiger partial charge in [0, 0.05) is 12.1 Å². The number of nitrogens with one attached hydrogen (secondary N) is 2. The van der Waals surface area contributed by atoms with E-state index in [1.165, 1.54) is 11.8 Å². The van der Waals surface area contributed by atoms with Crippen LogP contribution in [0, 0.1) is 5.92 Å². The molecule has 2 amide bonds. The second kappa shape index (κ2) is 11.5. The van der Waals surface area contributed by atoms with Gasteiger partial charge >= 0.3 is 0 Å². The summed E-state index contributed by atoms with van der Waals surface area (Å²) < 4.78 is 1.92. The Labute approximate surface area is 207 Å². The summed E-state index contributed by atoms with van der Waals surface area (Å²) in [6.45, 7) is 6.59. The van der Waals surface area contributed by atoms with Gasteiger partial charge in [-0.25, -0.2) is 0 Å². The smallest absolute Gasteiger partial charge is 0.251 e. The van der Waals surface area contributed by atoms with Crippen molar-refractivity contribution in [2.24, 2.45) is 5.92 Å². The van der Waals surface area contributed by atoms with E-state index in [0.717, 1.165) is 0 Å². The number of hydrogen-bond donors (Lipinski definition) is 2. The second-order valence-corrected chi connectivity index (χ2v) is 9.31. The molecule has 10 heteroatoms. The zero-order chi connectivity index (χ0) is 24.0. The molecule has 0 unspecified atom stereocenters. The number of anilines is 1. The average Bonchev–Trinajstić information content (AvgIpc) is 3.21. The summed E-state index contributed by atoms with van der Waals surface area (Å²) in [5, 5.41) is 15.7. The third kappa shape index (κ3) is 6.28. The van der Waals surface area contributed by atoms with E-state index < -0.39 is 0 Å². The zero-order valence-corrected chi connectivity index (χ0v) is 20.8. The summed E-state index contributed by atoms with van der Waals surface area (Å²) >= 11 is 13.4. The Morgan fingerprint density at radius 1 is 1.06 bits per heavy atom. The van der Waals surface area contributed by atoms with Crippen LogP contribution in [0.15, 0.2) is 53.7 Å². The number of carbonyl (C=O) groups excluding carboxylic acids is 2. The zero-order valence-electron chi connectivity index (χ0n) is 18.5. The largest absolute Gasteiger partial charge is 0.342 e. The fraction of sp³-hybridized carbons (Fsp3) is 0.304. The molecule has 3 aromatic rings. The van der Waals surface area contributed by atoms with Crippen LogP contribution in [0.3, 0.4) is 0 Å². The minimum atomic E-state index is -0.335. The molecular formula is C23H25Cl2N5O2S. The number of rotatable bonds is 9. The lowest BCUT2D eigenvalue weighted by molar-refractivity contribution is -0.113. The maximum atomic E-state index is 12.7. The van der Waals surface area contributed by atoms with Crippen molar-refractivity contribution in [2.45, 2.75) is 38.5 Å². The topological polar surface area (TPSA) is 88.9 Å². The van der Waals surface area contributed by atoms with Crippen LogP contribution < -0.4 is 10.6 Å². The number of aromatic nitrogens is 3. The van der Waals surface area contributed by atoms with Gasteiger partial charge in [0.25, 0.3) is 5.91 Å². The first kappa shape index (κ1) is 25.1. The van der Waals surface area contributed by atoms with Crippen LogP contribution in [0.1, 0.15) is 43.0 Å². The van der Waals surface area contributed by atoms with Crippen LogP contribution in [-0.4, -0.2) is 32.3 Å². The van der Waals surface area contributed by atoms with Crippen molar-refractivity contribution in [1.82, 2.24) is 20.1 Å². The molecule has 0 radical (unpaired) electrons. The molecule has 3 rings (SSSR count). The highest BCUT2D eigenvalue weighted by Crippen LogP contribution is 2.30. The van der Waals surface area contributed by atoms with Gasteiger partial charge in [-0.05, 0) is 37.1 Å². The van der Waals surface area contributed by atoms with Crippen molar-refractivity contribution in [1.29, 1.82) is 0 Å². The molecule has 0 aliphatic carbocycles. The molecule has 0 saturated heterocycles. The number of nitrogens with zero attached hydrogens (tertiary/aromatic N) is 3. The summed E-state index contributed by atoms with van der Waals surface area (Å²) in [7, 11) is 0. The lowest BCUT2D eigenvalue weighted by atomic mass is 10.0. The maximum absolute atomic E-state index is 12.7. The van der Waals surface area contributed by atoms with E-state index in [0.29, 0.717) is 38.8 Å². The van der Waals surface area contributed by atoms with Gasteiger partial charge in [0.15, 0.2) is 11.0 Å². The average molecular weight is 506 g/mol. The molecule has 0 saturated carbocycles. The maximum Gasteiger partial charge on any atom is 0.251 e. The Balaban J connectivity index is 1.71. The number of thioether (sulfide) groups is 1. The van der Waals surface area contributed by atoms with Gasteiger partial charge in [0.2, 0.25) is 5.91 Å². The summed E-state index contributed by atoms with van der Waals surface area (Å²) in [4.78, 5) is 25.2. The van der Waals surface area contributed by atoms with Gasteiger partial charge in [-0.2, -0.15) is 0 Å². The molecule has 0 bridgehead atoms. The number of carbonyl (C=O) groups is 2. The highest BCUT2D eigenvalue weighted by Gasteiger charge is 2.26. The van der Waals surface area contributed by atoms with Gasteiger partial charge in [0.1, 0.15) is 0 Å². The lowest BCUT2D eigenvalue weighted by Gasteiger charge is -2.22. The predicted molar refractivity (Wildman–Crippen MR) is 133 cm³/mol. The van der Waals surface area contributed by atoms with Crippen LogP contribution in [0.4, 0.5) is 5.69 Å². The van der Waals surface area contributed by atoms with E-state index in [1.54, 1.807) is 30.3 Å². The summed E-state index contributed by atoms with van der Waals surface area (Å²) in [6.07, 6.45) is 0. The van der Waals surface area contributed by atoms with Crippen molar-refractivity contribution in [2.75, 3.05) is 11.1 Å². The molecule has 174 valence electrons. The van der Waals surface area contributed by atoms with Crippen molar-refractivity contribution in [3.63, 3.8) is 0 Å². The SMILES string of the molecule is CCn1c(SCC(=O)Nc2cccc(Cl)c2Cl)nnc1[C@@H](NC(=O)c1ccccc1)C(C)C. The number of amides is 2. The normalized spacial score (nSPS) is 11.9. The Morgan fingerprint density at radius 2 is 1.79 bits per heavy atom. The van der Waals surface area contributed by atoms with Crippen molar-refractivity contribution in [3.05, 3.63) is 70.0 Å². The Hall–Kier alpha value is -2.55. The molecule has 7 nitrogen and oxygen atoms in total. The standard InChI is InChI=1S/C23H25Cl2N5O2S/c1-4-30-21(20(14(2)3)27-22(32)15-9-6-5-7-10-15)28-29-23(30)33-13-18(31)26-17-12-8-11-16(24)19(17)25/h5-12,14,20H,4,13H2,1-3H3,(H,26,31)(H,27,32)/t20-/m0/s1. The van der Waals surface area contributed by atoms with Gasteiger partial charge in [-0.15, -0.1) is 10.2 Å². The quantitative estimate of drug-likeness (QED) is 0.376. The minimum absolute atomic E-state index is 0.0817. The van der Waals surface area contributed by atoms with Crippen LogP contribution in [0.2, 0.25) is 10.0 Å². The first-order valence-electron chi connectivity index (χ1n) is 10.5. The highest BCUT2D eigenvalue weighted by molar-refractivity contribution is 7.99. The van der Waals surface area contributed by atoms with Gasteiger partial charge in [-0.3, -0.25) is 9.59 Å². The molecule has 2 aromatic carbocycles. The van der Waals surface area contributed by atoms with Crippen LogP contribution in [0.25, 0.3) is 0 Å². The van der Waals surface area contributed by atoms with E-state index in [2.05, 4.69) is 20.8 Å². The molecule has 1 aromatic heterocycles. The number of hydrogen-bond acceptors (Lipinski definition) is 5. The van der Waals surface area contributed by atoms with Crippen LogP contribution in [0.5, 0.6) is 0 Å². The Kier molecular flexibility index (Phi) is 8.77. The van der Waals surface area contributed by atoms with E-state index in [1.807, 2.05) is 43.5 Å². The third-order valence-corrected chi connectivity index (χ3v) is 6.67. The molecule has 2 N–H and O–H groups in total. The number of benzene rings is 2. The third-order valence-electron chi connectivity index (χ3n) is 4.89. The molecule has 0 aliphatic heterocycles. The highest BCUT2D eigenvalue weighted by atomic mass is 35.5. The molecule has 1 heterocycles. The lowest BCUT2D eigenvalue weighted by Crippen LogP contribution is -2.33. The summed E-state index contributed by atoms with van der Waals surface area (Å²) in [6, 6.07) is 13.8. The van der Waals surface area contributed by atoms with Crippen LogP contribution in [-0.2, 0) is 11.3 Å². The van der Waals surface area contributed by atoms with Crippen molar-refractivity contribution in [3.8, 4) is 0 Å². The minimum Gasteiger partial charge on any atom is -0.342 e. The Bertz CT molecular complexity index is 1120. The van der Waals surface area contributed by atoms with Crippen molar-refractivity contribution >= 4 is 52.5 Å². The molecule has 33 heavy (non-hydrogen) atoms.